The maximum Gasteiger partial charge on any atom is 0.240 e. The lowest BCUT2D eigenvalue weighted by atomic mass is 10.1. The summed E-state index contributed by atoms with van der Waals surface area (Å²) in [5.41, 5.74) is 0.630. The van der Waals surface area contributed by atoms with E-state index in [1.807, 2.05) is 20.8 Å². The second-order valence-corrected chi connectivity index (χ2v) is 6.51. The van der Waals surface area contributed by atoms with Gasteiger partial charge in [-0.3, -0.25) is 0 Å². The van der Waals surface area contributed by atoms with Gasteiger partial charge in [0.05, 0.1) is 11.0 Å². The molecule has 0 amide bonds. The van der Waals surface area contributed by atoms with E-state index in [4.69, 9.17) is 0 Å². The van der Waals surface area contributed by atoms with Crippen LogP contribution < -0.4 is 4.72 Å². The van der Waals surface area contributed by atoms with Gasteiger partial charge in [-0.1, -0.05) is 32.9 Å². The molecule has 0 aromatic heterocycles. The zero-order valence-corrected chi connectivity index (χ0v) is 11.9. The number of hydrogen-bond acceptors (Lipinski definition) is 3. The van der Waals surface area contributed by atoms with Crippen LogP contribution >= 0.6 is 0 Å². The van der Waals surface area contributed by atoms with Gasteiger partial charge in [-0.25, -0.2) is 13.1 Å². The molecule has 0 bridgehead atoms. The van der Waals surface area contributed by atoms with E-state index < -0.39 is 16.1 Å². The van der Waals surface area contributed by atoms with Crippen LogP contribution in [-0.2, 0) is 10.0 Å². The molecule has 5 heteroatoms. The summed E-state index contributed by atoms with van der Waals surface area (Å²) < 4.78 is 26.6. The maximum absolute atomic E-state index is 12.0. The van der Waals surface area contributed by atoms with Crippen LogP contribution in [0, 0.1) is 5.92 Å². The second-order valence-electron chi connectivity index (χ2n) is 4.74. The minimum atomic E-state index is -3.48. The molecule has 0 fully saturated rings. The highest BCUT2D eigenvalue weighted by Crippen LogP contribution is 2.19. The van der Waals surface area contributed by atoms with Crippen LogP contribution in [0.3, 0.4) is 0 Å². The molecular weight excluding hydrogens is 250 g/mol. The molecule has 0 aliphatic carbocycles. The number of rotatable bonds is 6. The molecule has 0 saturated heterocycles. The summed E-state index contributed by atoms with van der Waals surface area (Å²) in [6, 6.07) is 6.44. The van der Waals surface area contributed by atoms with Crippen molar-refractivity contribution in [3.8, 4) is 0 Å². The van der Waals surface area contributed by atoms with E-state index in [9.17, 15) is 13.5 Å². The van der Waals surface area contributed by atoms with E-state index in [-0.39, 0.29) is 10.8 Å². The van der Waals surface area contributed by atoms with Crippen molar-refractivity contribution in [2.45, 2.75) is 38.2 Å². The molecule has 0 spiro atoms. The van der Waals surface area contributed by atoms with Crippen molar-refractivity contribution in [2.24, 2.45) is 5.92 Å². The van der Waals surface area contributed by atoms with Gasteiger partial charge in [0.25, 0.3) is 0 Å². The molecule has 2 N–H and O–H groups in total. The Labute approximate surface area is 109 Å². The fourth-order valence-electron chi connectivity index (χ4n) is 1.48. The maximum atomic E-state index is 12.0. The number of sulfonamides is 1. The molecule has 18 heavy (non-hydrogen) atoms. The third kappa shape index (κ3) is 4.08. The van der Waals surface area contributed by atoms with Crippen LogP contribution in [0.25, 0.3) is 0 Å². The van der Waals surface area contributed by atoms with E-state index >= 15 is 0 Å². The van der Waals surface area contributed by atoms with E-state index in [1.165, 1.54) is 12.1 Å². The normalized spacial score (nSPS) is 13.8. The SMILES string of the molecule is CCC(O)c1cccc(S(=O)(=O)NCC(C)C)c1. The van der Waals surface area contributed by atoms with Crippen molar-refractivity contribution in [1.82, 2.24) is 4.72 Å². The number of aliphatic hydroxyl groups excluding tert-OH is 1. The Morgan fingerprint density at radius 1 is 1.33 bits per heavy atom. The van der Waals surface area contributed by atoms with E-state index in [0.29, 0.717) is 18.5 Å². The van der Waals surface area contributed by atoms with Crippen molar-refractivity contribution in [2.75, 3.05) is 6.54 Å². The van der Waals surface area contributed by atoms with Crippen LogP contribution in [0.1, 0.15) is 38.9 Å². The van der Waals surface area contributed by atoms with Gasteiger partial charge in [0, 0.05) is 6.54 Å². The standard InChI is InChI=1S/C13H21NO3S/c1-4-13(15)11-6-5-7-12(8-11)18(16,17)14-9-10(2)3/h5-8,10,13-15H,4,9H2,1-3H3. The summed E-state index contributed by atoms with van der Waals surface area (Å²) in [5.74, 6) is 0.254. The van der Waals surface area contributed by atoms with Crippen LogP contribution in [0.15, 0.2) is 29.2 Å². The number of nitrogens with one attached hydrogen (secondary N) is 1. The largest absolute Gasteiger partial charge is 0.388 e. The topological polar surface area (TPSA) is 66.4 Å². The second kappa shape index (κ2) is 6.31. The van der Waals surface area contributed by atoms with Crippen molar-refractivity contribution < 1.29 is 13.5 Å². The molecule has 1 aromatic carbocycles. The Bertz CT molecular complexity index is 483. The summed E-state index contributed by atoms with van der Waals surface area (Å²) >= 11 is 0. The van der Waals surface area contributed by atoms with Crippen LogP contribution in [-0.4, -0.2) is 20.1 Å². The minimum absolute atomic E-state index is 0.202. The highest BCUT2D eigenvalue weighted by atomic mass is 32.2. The zero-order valence-electron chi connectivity index (χ0n) is 11.1. The third-order valence-electron chi connectivity index (χ3n) is 2.62. The predicted molar refractivity (Wildman–Crippen MR) is 71.7 cm³/mol. The van der Waals surface area contributed by atoms with Crippen LogP contribution in [0.2, 0.25) is 0 Å². The molecule has 1 rings (SSSR count). The van der Waals surface area contributed by atoms with E-state index in [0.717, 1.165) is 0 Å². The molecule has 0 aliphatic heterocycles. The van der Waals surface area contributed by atoms with Gasteiger partial charge in [-0.2, -0.15) is 0 Å². The summed E-state index contributed by atoms with van der Waals surface area (Å²) in [4.78, 5) is 0.202. The highest BCUT2D eigenvalue weighted by molar-refractivity contribution is 7.89. The Morgan fingerprint density at radius 3 is 2.56 bits per heavy atom. The number of aliphatic hydroxyl groups is 1. The van der Waals surface area contributed by atoms with Crippen LogP contribution in [0.4, 0.5) is 0 Å². The van der Waals surface area contributed by atoms with Gasteiger partial charge in [-0.15, -0.1) is 0 Å². The van der Waals surface area contributed by atoms with Gasteiger partial charge >= 0.3 is 0 Å². The lowest BCUT2D eigenvalue weighted by Crippen LogP contribution is -2.27. The Kier molecular flexibility index (Phi) is 5.31. The first-order valence-electron chi connectivity index (χ1n) is 6.14. The van der Waals surface area contributed by atoms with Gasteiger partial charge in [0.1, 0.15) is 0 Å². The quantitative estimate of drug-likeness (QED) is 0.832. The molecule has 1 unspecified atom stereocenters. The lowest BCUT2D eigenvalue weighted by molar-refractivity contribution is 0.173. The Hall–Kier alpha value is -0.910. The van der Waals surface area contributed by atoms with Gasteiger partial charge in [-0.05, 0) is 30.0 Å². The van der Waals surface area contributed by atoms with E-state index in [2.05, 4.69) is 4.72 Å². The van der Waals surface area contributed by atoms with Crippen molar-refractivity contribution in [1.29, 1.82) is 0 Å². The van der Waals surface area contributed by atoms with E-state index in [1.54, 1.807) is 12.1 Å². The zero-order chi connectivity index (χ0) is 13.8. The summed E-state index contributed by atoms with van der Waals surface area (Å²) in [7, 11) is -3.48. The first-order chi connectivity index (χ1) is 8.36. The van der Waals surface area contributed by atoms with Crippen molar-refractivity contribution in [3.63, 3.8) is 0 Å². The van der Waals surface area contributed by atoms with Gasteiger partial charge in [0.2, 0.25) is 10.0 Å². The molecule has 0 heterocycles. The lowest BCUT2D eigenvalue weighted by Gasteiger charge is -2.12. The molecule has 102 valence electrons. The molecule has 4 nitrogen and oxygen atoms in total. The fraction of sp³-hybridized carbons (Fsp3) is 0.538. The molecular formula is C13H21NO3S. The van der Waals surface area contributed by atoms with Crippen LogP contribution in [0.5, 0.6) is 0 Å². The monoisotopic (exact) mass is 271 g/mol. The smallest absolute Gasteiger partial charge is 0.240 e. The highest BCUT2D eigenvalue weighted by Gasteiger charge is 2.15. The fourth-order valence-corrected chi connectivity index (χ4v) is 2.75. The molecule has 1 atom stereocenters. The minimum Gasteiger partial charge on any atom is -0.388 e. The van der Waals surface area contributed by atoms with Crippen molar-refractivity contribution >= 4 is 10.0 Å². The molecule has 1 aromatic rings. The molecule has 0 aliphatic rings. The summed E-state index contributed by atoms with van der Waals surface area (Å²) in [6.07, 6.45) is -0.0617. The van der Waals surface area contributed by atoms with Gasteiger partial charge < -0.3 is 5.11 Å². The molecule has 0 saturated carbocycles. The average molecular weight is 271 g/mol. The summed E-state index contributed by atoms with van der Waals surface area (Å²) in [5, 5.41) is 9.72. The summed E-state index contributed by atoms with van der Waals surface area (Å²) in [6.45, 7) is 6.14. The first kappa shape index (κ1) is 15.1. The van der Waals surface area contributed by atoms with Crippen molar-refractivity contribution in [3.05, 3.63) is 29.8 Å². The van der Waals surface area contributed by atoms with Gasteiger partial charge in [0.15, 0.2) is 0 Å². The number of benzene rings is 1. The molecule has 0 radical (unpaired) electrons. The third-order valence-corrected chi connectivity index (χ3v) is 4.04. The number of hydrogen-bond donors (Lipinski definition) is 2. The first-order valence-corrected chi connectivity index (χ1v) is 7.62. The average Bonchev–Trinajstić information content (AvgIpc) is 2.35. The Balaban J connectivity index is 2.95. The predicted octanol–water partition coefficient (Wildman–Crippen LogP) is 2.06. The Morgan fingerprint density at radius 2 is 2.00 bits per heavy atom.